The van der Waals surface area contributed by atoms with Crippen molar-refractivity contribution in [1.29, 1.82) is 0 Å². The number of fused-ring (bicyclic) bond motifs is 1. The fourth-order valence-electron chi connectivity index (χ4n) is 1.84. The van der Waals surface area contributed by atoms with Crippen LogP contribution in [-0.2, 0) is 0 Å². The van der Waals surface area contributed by atoms with Gasteiger partial charge in [0.2, 0.25) is 0 Å². The maximum atomic E-state index is 4.48. The van der Waals surface area contributed by atoms with Gasteiger partial charge in [-0.2, -0.15) is 0 Å². The minimum absolute atomic E-state index is 0.800. The second-order valence-electron chi connectivity index (χ2n) is 3.55. The molecule has 0 aliphatic carbocycles. The Morgan fingerprint density at radius 3 is 2.81 bits per heavy atom. The highest BCUT2D eigenvalue weighted by Crippen LogP contribution is 2.18. The molecular formula is C12H10N4. The highest BCUT2D eigenvalue weighted by Gasteiger charge is 2.08. The van der Waals surface area contributed by atoms with Crippen LogP contribution < -0.4 is 0 Å². The fourth-order valence-corrected chi connectivity index (χ4v) is 1.84. The minimum atomic E-state index is 0.800. The summed E-state index contributed by atoms with van der Waals surface area (Å²) in [4.78, 5) is 12.9. The number of rotatable bonds is 1. The van der Waals surface area contributed by atoms with Crippen molar-refractivity contribution in [1.82, 2.24) is 19.5 Å². The number of aromatic nitrogens is 4. The van der Waals surface area contributed by atoms with Gasteiger partial charge >= 0.3 is 0 Å². The maximum absolute atomic E-state index is 4.48. The number of benzene rings is 1. The van der Waals surface area contributed by atoms with E-state index in [1.165, 1.54) is 0 Å². The first-order valence-electron chi connectivity index (χ1n) is 5.07. The Bertz CT molecular complexity index is 628. The summed E-state index contributed by atoms with van der Waals surface area (Å²) in [5.41, 5.74) is 2.03. The summed E-state index contributed by atoms with van der Waals surface area (Å²) < 4.78 is 2.00. The molecule has 0 atom stereocenters. The molecular weight excluding hydrogens is 200 g/mol. The first-order chi connectivity index (χ1) is 7.86. The number of aryl methyl sites for hydroxylation is 1. The van der Waals surface area contributed by atoms with Crippen molar-refractivity contribution in [3.8, 4) is 5.82 Å². The van der Waals surface area contributed by atoms with Gasteiger partial charge in [0.05, 0.1) is 17.2 Å². The van der Waals surface area contributed by atoms with Gasteiger partial charge in [-0.25, -0.2) is 9.97 Å². The summed E-state index contributed by atoms with van der Waals surface area (Å²) in [6, 6.07) is 8.01. The van der Waals surface area contributed by atoms with Crippen LogP contribution in [0.4, 0.5) is 0 Å². The molecule has 4 nitrogen and oxygen atoms in total. The third kappa shape index (κ3) is 1.27. The van der Waals surface area contributed by atoms with E-state index in [1.807, 2.05) is 35.8 Å². The molecule has 78 valence electrons. The Morgan fingerprint density at radius 1 is 1.12 bits per heavy atom. The van der Waals surface area contributed by atoms with Gasteiger partial charge < -0.3 is 0 Å². The molecule has 3 rings (SSSR count). The van der Waals surface area contributed by atoms with E-state index in [-0.39, 0.29) is 0 Å². The molecule has 0 N–H and O–H groups in total. The fraction of sp³-hybridized carbons (Fsp3) is 0.0833. The van der Waals surface area contributed by atoms with Gasteiger partial charge in [-0.05, 0) is 19.1 Å². The minimum Gasteiger partial charge on any atom is -0.279 e. The normalized spacial score (nSPS) is 10.8. The Hall–Kier alpha value is -2.23. The smallest absolute Gasteiger partial charge is 0.157 e. The molecule has 0 radical (unpaired) electrons. The van der Waals surface area contributed by atoms with Crippen LogP contribution in [0.5, 0.6) is 0 Å². The second-order valence-corrected chi connectivity index (χ2v) is 3.55. The SMILES string of the molecule is Cc1nc2ccccc2n1-c1cnccn1. The molecule has 16 heavy (non-hydrogen) atoms. The van der Waals surface area contributed by atoms with E-state index < -0.39 is 0 Å². The van der Waals surface area contributed by atoms with Crippen LogP contribution in [0.15, 0.2) is 42.9 Å². The molecule has 0 unspecified atom stereocenters. The van der Waals surface area contributed by atoms with E-state index in [4.69, 9.17) is 0 Å². The predicted molar refractivity (Wildman–Crippen MR) is 61.4 cm³/mol. The van der Waals surface area contributed by atoms with Crippen LogP contribution in [0.3, 0.4) is 0 Å². The zero-order valence-corrected chi connectivity index (χ0v) is 8.83. The largest absolute Gasteiger partial charge is 0.279 e. The van der Waals surface area contributed by atoms with Crippen molar-refractivity contribution in [3.05, 3.63) is 48.7 Å². The average Bonchev–Trinajstić information content (AvgIpc) is 2.66. The zero-order valence-electron chi connectivity index (χ0n) is 8.83. The van der Waals surface area contributed by atoms with Gasteiger partial charge in [0.25, 0.3) is 0 Å². The van der Waals surface area contributed by atoms with Crippen LogP contribution >= 0.6 is 0 Å². The van der Waals surface area contributed by atoms with E-state index in [9.17, 15) is 0 Å². The molecule has 0 saturated carbocycles. The maximum Gasteiger partial charge on any atom is 0.157 e. The summed E-state index contributed by atoms with van der Waals surface area (Å²) >= 11 is 0. The van der Waals surface area contributed by atoms with Crippen molar-refractivity contribution in [2.24, 2.45) is 0 Å². The highest BCUT2D eigenvalue weighted by molar-refractivity contribution is 5.77. The summed E-state index contributed by atoms with van der Waals surface area (Å²) in [6.45, 7) is 1.97. The van der Waals surface area contributed by atoms with Gasteiger partial charge in [0.15, 0.2) is 5.82 Å². The molecule has 4 heteroatoms. The Morgan fingerprint density at radius 2 is 2.00 bits per heavy atom. The molecule has 3 aromatic rings. The Balaban J connectivity index is 2.35. The molecule has 1 aromatic carbocycles. The molecule has 0 amide bonds. The highest BCUT2D eigenvalue weighted by atomic mass is 15.1. The Labute approximate surface area is 92.6 Å². The first kappa shape index (κ1) is 9.03. The average molecular weight is 210 g/mol. The topological polar surface area (TPSA) is 43.6 Å². The lowest BCUT2D eigenvalue weighted by molar-refractivity contribution is 0.941. The molecule has 2 aromatic heterocycles. The van der Waals surface area contributed by atoms with E-state index in [1.54, 1.807) is 18.6 Å². The standard InChI is InChI=1S/C12H10N4/c1-9-15-10-4-2-3-5-11(10)16(9)12-8-13-6-7-14-12/h2-8H,1H3. The molecule has 0 fully saturated rings. The summed E-state index contributed by atoms with van der Waals surface area (Å²) in [6.07, 6.45) is 5.09. The van der Waals surface area contributed by atoms with Crippen molar-refractivity contribution < 1.29 is 0 Å². The van der Waals surface area contributed by atoms with E-state index >= 15 is 0 Å². The number of nitrogens with zero attached hydrogens (tertiary/aromatic N) is 4. The van der Waals surface area contributed by atoms with Gasteiger partial charge in [0.1, 0.15) is 5.82 Å². The van der Waals surface area contributed by atoms with Crippen LogP contribution in [0.2, 0.25) is 0 Å². The van der Waals surface area contributed by atoms with Crippen LogP contribution in [0, 0.1) is 6.92 Å². The van der Waals surface area contributed by atoms with Gasteiger partial charge in [0, 0.05) is 12.4 Å². The summed E-state index contributed by atoms with van der Waals surface area (Å²) in [5.74, 6) is 1.72. The van der Waals surface area contributed by atoms with E-state index in [2.05, 4.69) is 15.0 Å². The number of imidazole rings is 1. The number of para-hydroxylation sites is 2. The van der Waals surface area contributed by atoms with Crippen LogP contribution in [0.25, 0.3) is 16.9 Å². The third-order valence-electron chi connectivity index (χ3n) is 2.51. The van der Waals surface area contributed by atoms with Crippen molar-refractivity contribution in [2.75, 3.05) is 0 Å². The third-order valence-corrected chi connectivity index (χ3v) is 2.51. The molecule has 0 aliphatic rings. The van der Waals surface area contributed by atoms with Gasteiger partial charge in [-0.3, -0.25) is 9.55 Å². The molecule has 0 saturated heterocycles. The molecule has 0 bridgehead atoms. The zero-order chi connectivity index (χ0) is 11.0. The second kappa shape index (κ2) is 3.41. The lowest BCUT2D eigenvalue weighted by atomic mass is 10.3. The lowest BCUT2D eigenvalue weighted by Crippen LogP contribution is -1.99. The molecule has 0 aliphatic heterocycles. The van der Waals surface area contributed by atoms with Crippen molar-refractivity contribution in [3.63, 3.8) is 0 Å². The number of hydrogen-bond acceptors (Lipinski definition) is 3. The Kier molecular flexibility index (Phi) is 1.93. The molecule has 0 spiro atoms. The van der Waals surface area contributed by atoms with E-state index in [0.717, 1.165) is 22.7 Å². The van der Waals surface area contributed by atoms with Gasteiger partial charge in [-0.15, -0.1) is 0 Å². The lowest BCUT2D eigenvalue weighted by Gasteiger charge is -2.03. The molecule has 2 heterocycles. The van der Waals surface area contributed by atoms with Crippen molar-refractivity contribution in [2.45, 2.75) is 6.92 Å². The van der Waals surface area contributed by atoms with Crippen LogP contribution in [-0.4, -0.2) is 19.5 Å². The summed E-state index contributed by atoms with van der Waals surface area (Å²) in [5, 5.41) is 0. The van der Waals surface area contributed by atoms with Crippen molar-refractivity contribution >= 4 is 11.0 Å². The number of hydrogen-bond donors (Lipinski definition) is 0. The van der Waals surface area contributed by atoms with Crippen LogP contribution in [0.1, 0.15) is 5.82 Å². The van der Waals surface area contributed by atoms with E-state index in [0.29, 0.717) is 0 Å². The first-order valence-corrected chi connectivity index (χ1v) is 5.07. The van der Waals surface area contributed by atoms with Gasteiger partial charge in [-0.1, -0.05) is 12.1 Å². The summed E-state index contributed by atoms with van der Waals surface area (Å²) in [7, 11) is 0. The monoisotopic (exact) mass is 210 g/mol. The predicted octanol–water partition coefficient (Wildman–Crippen LogP) is 2.12. The quantitative estimate of drug-likeness (QED) is 0.618.